The van der Waals surface area contributed by atoms with Gasteiger partial charge in [-0.25, -0.2) is 0 Å². The second-order valence-electron chi connectivity index (χ2n) is 6.80. The lowest BCUT2D eigenvalue weighted by atomic mass is 9.83. The predicted octanol–water partition coefficient (Wildman–Crippen LogP) is 4.31. The molecule has 0 amide bonds. The van der Waals surface area contributed by atoms with Gasteiger partial charge in [0, 0.05) is 17.9 Å². The van der Waals surface area contributed by atoms with Gasteiger partial charge in [0.05, 0.1) is 0 Å². The van der Waals surface area contributed by atoms with E-state index < -0.39 is 0 Å². The first-order valence-corrected chi connectivity index (χ1v) is 7.69. The Balaban J connectivity index is 2.58. The molecule has 0 aromatic carbocycles. The fraction of sp³-hybridized carbons (Fsp3) is 1.00. The molecule has 0 saturated heterocycles. The summed E-state index contributed by atoms with van der Waals surface area (Å²) in [7, 11) is 2.29. The smallest absolute Gasteiger partial charge is 0.0113 e. The number of hydrogen-bond donors (Lipinski definition) is 0. The zero-order chi connectivity index (χ0) is 12.4. The van der Waals surface area contributed by atoms with Crippen LogP contribution >= 0.6 is 15.9 Å². The van der Waals surface area contributed by atoms with Crippen LogP contribution in [0.3, 0.4) is 0 Å². The molecule has 1 fully saturated rings. The molecule has 0 radical (unpaired) electrons. The van der Waals surface area contributed by atoms with Crippen LogP contribution in [-0.2, 0) is 0 Å². The van der Waals surface area contributed by atoms with E-state index in [1.807, 2.05) is 0 Å². The maximum Gasteiger partial charge on any atom is 0.0113 e. The van der Waals surface area contributed by atoms with Crippen molar-refractivity contribution in [3.8, 4) is 0 Å². The van der Waals surface area contributed by atoms with Crippen LogP contribution < -0.4 is 0 Å². The maximum atomic E-state index is 3.73. The molecule has 0 aromatic rings. The van der Waals surface area contributed by atoms with Crippen molar-refractivity contribution in [3.05, 3.63) is 0 Å². The average molecular weight is 290 g/mol. The zero-order valence-corrected chi connectivity index (χ0v) is 13.2. The lowest BCUT2D eigenvalue weighted by Crippen LogP contribution is -2.45. The fourth-order valence-electron chi connectivity index (χ4n) is 2.79. The Kier molecular flexibility index (Phi) is 4.88. The molecule has 1 aliphatic rings. The van der Waals surface area contributed by atoms with Crippen LogP contribution in [0.4, 0.5) is 0 Å². The summed E-state index contributed by atoms with van der Waals surface area (Å²) in [4.78, 5) is 2.56. The van der Waals surface area contributed by atoms with E-state index in [1.165, 1.54) is 37.6 Å². The Bertz CT molecular complexity index is 213. The molecule has 96 valence electrons. The van der Waals surface area contributed by atoms with E-state index in [0.717, 1.165) is 0 Å². The molecule has 0 heterocycles. The van der Waals surface area contributed by atoms with E-state index in [0.29, 0.717) is 16.9 Å². The van der Waals surface area contributed by atoms with Gasteiger partial charge in [0.2, 0.25) is 0 Å². The van der Waals surface area contributed by atoms with Gasteiger partial charge in [-0.05, 0) is 37.6 Å². The highest BCUT2D eigenvalue weighted by Crippen LogP contribution is 2.41. The summed E-state index contributed by atoms with van der Waals surface area (Å²) in [5.41, 5.74) is 0.926. The third kappa shape index (κ3) is 3.46. The van der Waals surface area contributed by atoms with Gasteiger partial charge in [-0.15, -0.1) is 0 Å². The minimum atomic E-state index is 0.376. The Morgan fingerprint density at radius 3 is 2.12 bits per heavy atom. The molecular formula is C14H28BrN. The van der Waals surface area contributed by atoms with Gasteiger partial charge in [-0.1, -0.05) is 49.5 Å². The lowest BCUT2D eigenvalue weighted by Gasteiger charge is -2.40. The van der Waals surface area contributed by atoms with Gasteiger partial charge in [0.25, 0.3) is 0 Å². The number of rotatable bonds is 4. The molecule has 0 N–H and O–H groups in total. The molecule has 1 atom stereocenters. The summed E-state index contributed by atoms with van der Waals surface area (Å²) >= 11 is 3.73. The summed E-state index contributed by atoms with van der Waals surface area (Å²) < 4.78 is 0. The number of alkyl halides is 1. The standard InChI is InChI=1S/C14H28BrN/c1-12(13(2,3)4)16(5)11-14(10-15)8-6-7-9-14/h12H,6-11H2,1-5H3. The molecule has 0 spiro atoms. The minimum Gasteiger partial charge on any atom is -0.303 e. The molecule has 0 aromatic heterocycles. The Labute approximate surface area is 110 Å². The molecule has 2 heteroatoms. The Morgan fingerprint density at radius 1 is 1.25 bits per heavy atom. The topological polar surface area (TPSA) is 3.24 Å². The number of nitrogens with zero attached hydrogens (tertiary/aromatic N) is 1. The van der Waals surface area contributed by atoms with Crippen LogP contribution in [0.2, 0.25) is 0 Å². The van der Waals surface area contributed by atoms with Crippen molar-refractivity contribution in [3.63, 3.8) is 0 Å². The van der Waals surface area contributed by atoms with Crippen molar-refractivity contribution in [1.29, 1.82) is 0 Å². The maximum absolute atomic E-state index is 3.73. The van der Waals surface area contributed by atoms with Gasteiger partial charge in [0.15, 0.2) is 0 Å². The third-order valence-electron chi connectivity index (χ3n) is 4.45. The molecule has 1 rings (SSSR count). The quantitative estimate of drug-likeness (QED) is 0.697. The summed E-state index contributed by atoms with van der Waals surface area (Å²) in [6.45, 7) is 10.6. The van der Waals surface area contributed by atoms with Gasteiger partial charge in [0.1, 0.15) is 0 Å². The highest BCUT2D eigenvalue weighted by molar-refractivity contribution is 9.09. The summed E-state index contributed by atoms with van der Waals surface area (Å²) in [5, 5.41) is 1.17. The second-order valence-corrected chi connectivity index (χ2v) is 7.36. The monoisotopic (exact) mass is 289 g/mol. The molecule has 1 unspecified atom stereocenters. The normalized spacial score (nSPS) is 22.7. The highest BCUT2D eigenvalue weighted by Gasteiger charge is 2.36. The van der Waals surface area contributed by atoms with Crippen LogP contribution in [0, 0.1) is 10.8 Å². The van der Waals surface area contributed by atoms with Gasteiger partial charge < -0.3 is 4.90 Å². The molecule has 16 heavy (non-hydrogen) atoms. The van der Waals surface area contributed by atoms with Crippen molar-refractivity contribution in [2.75, 3.05) is 18.9 Å². The minimum absolute atomic E-state index is 0.376. The molecule has 0 aliphatic heterocycles. The molecule has 1 saturated carbocycles. The molecule has 1 aliphatic carbocycles. The first-order chi connectivity index (χ1) is 7.31. The van der Waals surface area contributed by atoms with Crippen molar-refractivity contribution in [2.45, 2.75) is 59.4 Å². The largest absolute Gasteiger partial charge is 0.303 e. The van der Waals surface area contributed by atoms with Crippen LogP contribution in [0.5, 0.6) is 0 Å². The van der Waals surface area contributed by atoms with Crippen LogP contribution in [0.1, 0.15) is 53.4 Å². The zero-order valence-electron chi connectivity index (χ0n) is 11.6. The number of hydrogen-bond acceptors (Lipinski definition) is 1. The molecule has 0 bridgehead atoms. The SMILES string of the molecule is CC(N(C)CC1(CBr)CCCC1)C(C)(C)C. The molecular weight excluding hydrogens is 262 g/mol. The van der Waals surface area contributed by atoms with E-state index in [9.17, 15) is 0 Å². The molecule has 1 nitrogen and oxygen atoms in total. The summed E-state index contributed by atoms with van der Waals surface area (Å²) in [6, 6.07) is 0.643. The van der Waals surface area contributed by atoms with E-state index in [2.05, 4.69) is 55.6 Å². The second kappa shape index (κ2) is 5.39. The van der Waals surface area contributed by atoms with E-state index in [4.69, 9.17) is 0 Å². The third-order valence-corrected chi connectivity index (χ3v) is 5.64. The fourth-order valence-corrected chi connectivity index (χ4v) is 3.52. The summed E-state index contributed by atoms with van der Waals surface area (Å²) in [5.74, 6) is 0. The first kappa shape index (κ1) is 14.5. The van der Waals surface area contributed by atoms with Gasteiger partial charge >= 0.3 is 0 Å². The predicted molar refractivity (Wildman–Crippen MR) is 76.2 cm³/mol. The van der Waals surface area contributed by atoms with Gasteiger partial charge in [-0.2, -0.15) is 0 Å². The average Bonchev–Trinajstić information content (AvgIpc) is 2.64. The summed E-state index contributed by atoms with van der Waals surface area (Å²) in [6.07, 6.45) is 5.64. The Hall–Kier alpha value is 0.440. The number of halogens is 1. The van der Waals surface area contributed by atoms with Crippen molar-refractivity contribution in [2.24, 2.45) is 10.8 Å². The Morgan fingerprint density at radius 2 is 1.75 bits per heavy atom. The van der Waals surface area contributed by atoms with Crippen LogP contribution in [0.25, 0.3) is 0 Å². The lowest BCUT2D eigenvalue weighted by molar-refractivity contribution is 0.0959. The van der Waals surface area contributed by atoms with E-state index in [1.54, 1.807) is 0 Å². The van der Waals surface area contributed by atoms with Crippen LogP contribution in [-0.4, -0.2) is 29.9 Å². The van der Waals surface area contributed by atoms with Crippen LogP contribution in [0.15, 0.2) is 0 Å². The van der Waals surface area contributed by atoms with Crippen molar-refractivity contribution >= 4 is 15.9 Å². The first-order valence-electron chi connectivity index (χ1n) is 6.57. The van der Waals surface area contributed by atoms with Crippen molar-refractivity contribution in [1.82, 2.24) is 4.90 Å². The van der Waals surface area contributed by atoms with Crippen molar-refractivity contribution < 1.29 is 0 Å². The van der Waals surface area contributed by atoms with E-state index in [-0.39, 0.29) is 0 Å². The van der Waals surface area contributed by atoms with E-state index >= 15 is 0 Å². The highest BCUT2D eigenvalue weighted by atomic mass is 79.9. The van der Waals surface area contributed by atoms with Gasteiger partial charge in [-0.3, -0.25) is 0 Å².